The van der Waals surface area contributed by atoms with E-state index in [0.29, 0.717) is 12.3 Å². The van der Waals surface area contributed by atoms with E-state index in [1.54, 1.807) is 0 Å². The van der Waals surface area contributed by atoms with E-state index < -0.39 is 0 Å². The van der Waals surface area contributed by atoms with Crippen molar-refractivity contribution in [3.05, 3.63) is 35.9 Å². The van der Waals surface area contributed by atoms with E-state index in [1.807, 2.05) is 18.2 Å². The zero-order chi connectivity index (χ0) is 15.1. The van der Waals surface area contributed by atoms with Crippen LogP contribution in [0.2, 0.25) is 0 Å². The van der Waals surface area contributed by atoms with E-state index in [4.69, 9.17) is 0 Å². The van der Waals surface area contributed by atoms with Gasteiger partial charge in [0.15, 0.2) is 0 Å². The highest BCUT2D eigenvalue weighted by Crippen LogP contribution is 2.27. The minimum atomic E-state index is -0.330. The summed E-state index contributed by atoms with van der Waals surface area (Å²) in [5.41, 5.74) is 0.819. The van der Waals surface area contributed by atoms with Gasteiger partial charge in [0, 0.05) is 11.8 Å². The number of carbonyl (C=O) groups is 1. The standard InChI is InChI=1S/C18H26BrNO/c1-18(14-19,16-11-7-4-8-12-16)20-17(21)13-15-9-5-2-3-6-10-15/h4,7-8,11-12,15H,2-3,5-6,9-10,13-14H2,1H3,(H,20,21). The molecule has 1 unspecified atom stereocenters. The van der Waals surface area contributed by atoms with Gasteiger partial charge in [-0.3, -0.25) is 4.79 Å². The van der Waals surface area contributed by atoms with Crippen molar-refractivity contribution < 1.29 is 4.79 Å². The second-order valence-corrected chi connectivity index (χ2v) is 7.00. The molecule has 1 N–H and O–H groups in total. The Morgan fingerprint density at radius 1 is 1.19 bits per heavy atom. The minimum absolute atomic E-state index is 0.188. The third kappa shape index (κ3) is 4.84. The molecule has 0 aromatic heterocycles. The van der Waals surface area contributed by atoms with E-state index in [1.165, 1.54) is 38.5 Å². The normalized spacial score (nSPS) is 19.5. The lowest BCUT2D eigenvalue weighted by Crippen LogP contribution is -2.45. The largest absolute Gasteiger partial charge is 0.346 e. The quantitative estimate of drug-likeness (QED) is 0.600. The van der Waals surface area contributed by atoms with E-state index in [9.17, 15) is 4.79 Å². The summed E-state index contributed by atoms with van der Waals surface area (Å²) in [6, 6.07) is 10.2. The van der Waals surface area contributed by atoms with Crippen LogP contribution >= 0.6 is 15.9 Å². The Hall–Kier alpha value is -0.830. The first-order valence-corrected chi connectivity index (χ1v) is 9.19. The molecule has 1 aliphatic rings. The van der Waals surface area contributed by atoms with Crippen molar-refractivity contribution >= 4 is 21.8 Å². The molecule has 0 spiro atoms. The number of amides is 1. The molecular formula is C18H26BrNO. The zero-order valence-electron chi connectivity index (χ0n) is 12.9. The average Bonchev–Trinajstić information content (AvgIpc) is 2.76. The van der Waals surface area contributed by atoms with Gasteiger partial charge in [0.25, 0.3) is 0 Å². The van der Waals surface area contributed by atoms with Crippen LogP contribution in [0.4, 0.5) is 0 Å². The van der Waals surface area contributed by atoms with E-state index in [2.05, 4.69) is 40.3 Å². The van der Waals surface area contributed by atoms with Gasteiger partial charge in [-0.1, -0.05) is 71.9 Å². The highest BCUT2D eigenvalue weighted by Gasteiger charge is 2.28. The number of hydrogen-bond acceptors (Lipinski definition) is 1. The van der Waals surface area contributed by atoms with Gasteiger partial charge in [0.1, 0.15) is 0 Å². The second-order valence-electron chi connectivity index (χ2n) is 6.44. The minimum Gasteiger partial charge on any atom is -0.346 e. The summed E-state index contributed by atoms with van der Waals surface area (Å²) >= 11 is 3.56. The van der Waals surface area contributed by atoms with Gasteiger partial charge in [-0.2, -0.15) is 0 Å². The van der Waals surface area contributed by atoms with Crippen LogP contribution < -0.4 is 5.32 Å². The number of carbonyl (C=O) groups excluding carboxylic acids is 1. The lowest BCUT2D eigenvalue weighted by molar-refractivity contribution is -0.123. The number of halogens is 1. The van der Waals surface area contributed by atoms with Crippen molar-refractivity contribution in [2.45, 2.75) is 57.4 Å². The molecule has 1 amide bonds. The van der Waals surface area contributed by atoms with Crippen molar-refractivity contribution in [2.24, 2.45) is 5.92 Å². The molecule has 2 nitrogen and oxygen atoms in total. The Kier molecular flexibility index (Phi) is 6.28. The highest BCUT2D eigenvalue weighted by atomic mass is 79.9. The van der Waals surface area contributed by atoms with Crippen LogP contribution in [-0.2, 0) is 10.3 Å². The van der Waals surface area contributed by atoms with Crippen LogP contribution in [0.1, 0.15) is 57.4 Å². The molecule has 1 atom stereocenters. The Balaban J connectivity index is 1.96. The maximum atomic E-state index is 12.4. The first kappa shape index (κ1) is 16.5. The predicted molar refractivity (Wildman–Crippen MR) is 91.5 cm³/mol. The first-order valence-electron chi connectivity index (χ1n) is 8.06. The number of hydrogen-bond donors (Lipinski definition) is 1. The Bertz CT molecular complexity index is 440. The molecule has 1 fully saturated rings. The summed E-state index contributed by atoms with van der Waals surface area (Å²) in [5.74, 6) is 0.760. The maximum absolute atomic E-state index is 12.4. The molecule has 1 aromatic carbocycles. The lowest BCUT2D eigenvalue weighted by atomic mass is 9.92. The fraction of sp³-hybridized carbons (Fsp3) is 0.611. The van der Waals surface area contributed by atoms with Gasteiger partial charge in [-0.05, 0) is 31.2 Å². The number of benzene rings is 1. The molecule has 0 bridgehead atoms. The van der Waals surface area contributed by atoms with Crippen LogP contribution in [0.25, 0.3) is 0 Å². The summed E-state index contributed by atoms with van der Waals surface area (Å²) in [6.07, 6.45) is 8.34. The molecule has 0 saturated heterocycles. The Labute approximate surface area is 136 Å². The monoisotopic (exact) mass is 351 g/mol. The Morgan fingerprint density at radius 2 is 1.81 bits per heavy atom. The summed E-state index contributed by atoms with van der Waals surface area (Å²) in [6.45, 7) is 2.09. The summed E-state index contributed by atoms with van der Waals surface area (Å²) in [5, 5.41) is 3.96. The van der Waals surface area contributed by atoms with Gasteiger partial charge in [-0.25, -0.2) is 0 Å². The first-order chi connectivity index (χ1) is 10.1. The summed E-state index contributed by atoms with van der Waals surface area (Å²) in [4.78, 5) is 12.4. The number of rotatable bonds is 5. The molecule has 3 heteroatoms. The molecule has 2 rings (SSSR count). The predicted octanol–water partition coefficient (Wildman–Crippen LogP) is 4.77. The van der Waals surface area contributed by atoms with Crippen LogP contribution in [0.5, 0.6) is 0 Å². The van der Waals surface area contributed by atoms with Crippen molar-refractivity contribution in [3.8, 4) is 0 Å². The van der Waals surface area contributed by atoms with E-state index >= 15 is 0 Å². The third-order valence-electron chi connectivity index (χ3n) is 4.54. The topological polar surface area (TPSA) is 29.1 Å². The van der Waals surface area contributed by atoms with Crippen LogP contribution in [0.3, 0.4) is 0 Å². The molecule has 0 heterocycles. The van der Waals surface area contributed by atoms with Gasteiger partial charge >= 0.3 is 0 Å². The summed E-state index contributed by atoms with van der Waals surface area (Å²) in [7, 11) is 0. The van der Waals surface area contributed by atoms with Crippen LogP contribution in [0.15, 0.2) is 30.3 Å². The summed E-state index contributed by atoms with van der Waals surface area (Å²) < 4.78 is 0. The number of alkyl halides is 1. The molecule has 1 aromatic rings. The van der Waals surface area contributed by atoms with E-state index in [-0.39, 0.29) is 11.4 Å². The zero-order valence-corrected chi connectivity index (χ0v) is 14.5. The van der Waals surface area contributed by atoms with Gasteiger partial charge in [-0.15, -0.1) is 0 Å². The van der Waals surface area contributed by atoms with Crippen molar-refractivity contribution in [1.29, 1.82) is 0 Å². The SMILES string of the molecule is CC(CBr)(NC(=O)CC1CCCCCC1)c1ccccc1. The van der Waals surface area contributed by atoms with Crippen molar-refractivity contribution in [2.75, 3.05) is 5.33 Å². The average molecular weight is 352 g/mol. The fourth-order valence-electron chi connectivity index (χ4n) is 3.18. The van der Waals surface area contributed by atoms with Gasteiger partial charge in [0.05, 0.1) is 5.54 Å². The molecule has 0 radical (unpaired) electrons. The van der Waals surface area contributed by atoms with E-state index in [0.717, 1.165) is 10.9 Å². The molecule has 1 aliphatic carbocycles. The Morgan fingerprint density at radius 3 is 2.38 bits per heavy atom. The maximum Gasteiger partial charge on any atom is 0.220 e. The molecule has 0 aliphatic heterocycles. The van der Waals surface area contributed by atoms with Crippen LogP contribution in [-0.4, -0.2) is 11.2 Å². The van der Waals surface area contributed by atoms with Gasteiger partial charge in [0.2, 0.25) is 5.91 Å². The smallest absolute Gasteiger partial charge is 0.220 e. The number of nitrogens with one attached hydrogen (secondary N) is 1. The molecular weight excluding hydrogens is 326 g/mol. The molecule has 21 heavy (non-hydrogen) atoms. The van der Waals surface area contributed by atoms with Crippen molar-refractivity contribution in [1.82, 2.24) is 5.32 Å². The molecule has 116 valence electrons. The van der Waals surface area contributed by atoms with Crippen LogP contribution in [0, 0.1) is 5.92 Å². The van der Waals surface area contributed by atoms with Gasteiger partial charge < -0.3 is 5.32 Å². The highest BCUT2D eigenvalue weighted by molar-refractivity contribution is 9.09. The molecule has 1 saturated carbocycles. The second kappa shape index (κ2) is 7.98. The third-order valence-corrected chi connectivity index (χ3v) is 5.66. The van der Waals surface area contributed by atoms with Crippen molar-refractivity contribution in [3.63, 3.8) is 0 Å². The fourth-order valence-corrected chi connectivity index (χ4v) is 3.64. The lowest BCUT2D eigenvalue weighted by Gasteiger charge is -2.30.